The summed E-state index contributed by atoms with van der Waals surface area (Å²) in [6, 6.07) is 23.5. The summed E-state index contributed by atoms with van der Waals surface area (Å²) in [6.07, 6.45) is 5.20. The van der Waals surface area contributed by atoms with Crippen molar-refractivity contribution < 1.29 is 0 Å². The van der Waals surface area contributed by atoms with Crippen LogP contribution in [0.5, 0.6) is 0 Å². The van der Waals surface area contributed by atoms with Crippen molar-refractivity contribution in [2.75, 3.05) is 36.0 Å². The number of aromatic nitrogens is 2. The summed E-state index contributed by atoms with van der Waals surface area (Å²) < 4.78 is 4.84. The summed E-state index contributed by atoms with van der Waals surface area (Å²) >= 11 is 0. The summed E-state index contributed by atoms with van der Waals surface area (Å²) in [5.41, 5.74) is 2.70. The third kappa shape index (κ3) is 2.70. The van der Waals surface area contributed by atoms with Crippen LogP contribution < -0.4 is 9.80 Å². The lowest BCUT2D eigenvalue weighted by atomic mass is 9.95. The lowest BCUT2D eigenvalue weighted by Gasteiger charge is -2.18. The normalized spacial score (nSPS) is 16.7. The van der Waals surface area contributed by atoms with E-state index in [1.54, 1.807) is 0 Å². The third-order valence-electron chi connectivity index (χ3n) is 8.99. The minimum atomic E-state index is 1.17. The fourth-order valence-electron chi connectivity index (χ4n) is 7.22. The molecule has 0 atom stereocenters. The number of fused-ring (bicyclic) bond motifs is 9. The van der Waals surface area contributed by atoms with Gasteiger partial charge in [0, 0.05) is 61.8 Å². The quantitative estimate of drug-likeness (QED) is 0.245. The first kappa shape index (κ1) is 20.5. The van der Waals surface area contributed by atoms with Gasteiger partial charge in [0.05, 0.1) is 11.0 Å². The minimum absolute atomic E-state index is 1.17. The molecular formula is C32H32N4. The molecule has 2 aliphatic heterocycles. The van der Waals surface area contributed by atoms with Crippen LogP contribution in [0.2, 0.25) is 0 Å². The summed E-state index contributed by atoms with van der Waals surface area (Å²) in [4.78, 5) is 5.09. The maximum absolute atomic E-state index is 2.54. The average molecular weight is 473 g/mol. The molecule has 0 saturated carbocycles. The Labute approximate surface area is 211 Å². The van der Waals surface area contributed by atoms with Crippen LogP contribution in [-0.2, 0) is 14.1 Å². The highest BCUT2D eigenvalue weighted by molar-refractivity contribution is 6.24. The van der Waals surface area contributed by atoms with E-state index in [4.69, 9.17) is 0 Å². The van der Waals surface area contributed by atoms with Crippen LogP contribution >= 0.6 is 0 Å². The molecule has 0 aliphatic carbocycles. The monoisotopic (exact) mass is 472 g/mol. The number of nitrogens with zero attached hydrogens (tertiary/aromatic N) is 4. The van der Waals surface area contributed by atoms with Crippen LogP contribution in [0.25, 0.3) is 54.1 Å². The van der Waals surface area contributed by atoms with Gasteiger partial charge in [-0.05, 0) is 59.4 Å². The summed E-state index contributed by atoms with van der Waals surface area (Å²) in [7, 11) is 4.48. The Kier molecular flexibility index (Phi) is 4.23. The van der Waals surface area contributed by atoms with Gasteiger partial charge in [0.2, 0.25) is 0 Å². The zero-order valence-electron chi connectivity index (χ0n) is 21.2. The maximum Gasteiger partial charge on any atom is 0.109 e. The Bertz CT molecular complexity index is 1690. The molecule has 2 aromatic heterocycles. The van der Waals surface area contributed by atoms with E-state index >= 15 is 0 Å². The first-order chi connectivity index (χ1) is 17.7. The second-order valence-corrected chi connectivity index (χ2v) is 10.9. The molecule has 8 rings (SSSR count). The molecule has 180 valence electrons. The first-order valence-corrected chi connectivity index (χ1v) is 13.5. The predicted octanol–water partition coefficient (Wildman–Crippen LogP) is 7.33. The highest BCUT2D eigenvalue weighted by Gasteiger charge is 2.20. The van der Waals surface area contributed by atoms with Gasteiger partial charge in [-0.25, -0.2) is 0 Å². The van der Waals surface area contributed by atoms with Crippen molar-refractivity contribution in [2.24, 2.45) is 14.1 Å². The van der Waals surface area contributed by atoms with Crippen LogP contribution in [0, 0.1) is 0 Å². The van der Waals surface area contributed by atoms with E-state index in [9.17, 15) is 0 Å². The van der Waals surface area contributed by atoms with Crippen molar-refractivity contribution >= 4 is 65.8 Å². The van der Waals surface area contributed by atoms with Gasteiger partial charge < -0.3 is 18.9 Å². The zero-order valence-corrected chi connectivity index (χ0v) is 21.2. The molecule has 2 aliphatic rings. The van der Waals surface area contributed by atoms with Crippen molar-refractivity contribution in [3.63, 3.8) is 0 Å². The molecule has 0 bridgehead atoms. The van der Waals surface area contributed by atoms with E-state index in [1.807, 2.05) is 0 Å². The number of benzene rings is 4. The Morgan fingerprint density at radius 3 is 1.19 bits per heavy atom. The van der Waals surface area contributed by atoms with Crippen LogP contribution in [0.1, 0.15) is 25.7 Å². The second-order valence-electron chi connectivity index (χ2n) is 10.9. The molecule has 0 unspecified atom stereocenters. The molecule has 2 saturated heterocycles. The van der Waals surface area contributed by atoms with Gasteiger partial charge >= 0.3 is 0 Å². The Balaban J connectivity index is 1.37. The van der Waals surface area contributed by atoms with E-state index < -0.39 is 0 Å². The van der Waals surface area contributed by atoms with E-state index in [-0.39, 0.29) is 0 Å². The van der Waals surface area contributed by atoms with Gasteiger partial charge in [0.25, 0.3) is 0 Å². The summed E-state index contributed by atoms with van der Waals surface area (Å²) in [6.45, 7) is 4.68. The topological polar surface area (TPSA) is 16.3 Å². The van der Waals surface area contributed by atoms with E-state index in [0.29, 0.717) is 0 Å². The predicted molar refractivity (Wildman–Crippen MR) is 155 cm³/mol. The molecular weight excluding hydrogens is 440 g/mol. The van der Waals surface area contributed by atoms with Gasteiger partial charge in [0.15, 0.2) is 0 Å². The maximum atomic E-state index is 2.54. The number of aryl methyl sites for hydroxylation is 2. The van der Waals surface area contributed by atoms with Crippen LogP contribution in [-0.4, -0.2) is 35.3 Å². The van der Waals surface area contributed by atoms with Crippen LogP contribution in [0.4, 0.5) is 11.6 Å². The van der Waals surface area contributed by atoms with Gasteiger partial charge in [-0.2, -0.15) is 0 Å². The zero-order chi connectivity index (χ0) is 24.0. The van der Waals surface area contributed by atoms with Crippen molar-refractivity contribution in [2.45, 2.75) is 25.7 Å². The minimum Gasteiger partial charge on any atom is -0.358 e. The van der Waals surface area contributed by atoms with Crippen LogP contribution in [0.15, 0.2) is 60.7 Å². The van der Waals surface area contributed by atoms with Gasteiger partial charge in [0.1, 0.15) is 11.6 Å². The Hall–Kier alpha value is -3.66. The third-order valence-corrected chi connectivity index (χ3v) is 8.99. The molecule has 0 spiro atoms. The van der Waals surface area contributed by atoms with Gasteiger partial charge in [-0.3, -0.25) is 0 Å². The molecule has 0 amide bonds. The molecule has 36 heavy (non-hydrogen) atoms. The molecule has 4 aromatic carbocycles. The lowest BCUT2D eigenvalue weighted by Crippen LogP contribution is -2.20. The largest absolute Gasteiger partial charge is 0.358 e. The van der Waals surface area contributed by atoms with E-state index in [0.717, 1.165) is 0 Å². The fourth-order valence-corrected chi connectivity index (χ4v) is 7.22. The van der Waals surface area contributed by atoms with Crippen molar-refractivity contribution in [3.8, 4) is 0 Å². The Morgan fingerprint density at radius 1 is 0.444 bits per heavy atom. The fraction of sp³-hybridized carbons (Fsp3) is 0.312. The van der Waals surface area contributed by atoms with Gasteiger partial charge in [-0.15, -0.1) is 0 Å². The highest BCUT2D eigenvalue weighted by Crippen LogP contribution is 2.40. The van der Waals surface area contributed by atoms with Crippen molar-refractivity contribution in [3.05, 3.63) is 60.7 Å². The number of anilines is 2. The van der Waals surface area contributed by atoms with E-state index in [1.165, 1.54) is 118 Å². The summed E-state index contributed by atoms with van der Waals surface area (Å²) in [5, 5.41) is 10.8. The number of hydrogen-bond donors (Lipinski definition) is 0. The molecule has 0 N–H and O–H groups in total. The number of rotatable bonds is 2. The summed E-state index contributed by atoms with van der Waals surface area (Å²) in [5.74, 6) is 2.71. The standard InChI is InChI=1S/C32H32N4/c1-33-29(35-15-3-4-16-35)19-21-7-9-25-23-12-14-28-26(24(23)11-13-27(25)31(21)33)10-8-22-20-30(34(2)32(22)28)36-17-5-6-18-36/h7-14,19-20H,3-6,15-18H2,1-2H3. The number of hydrogen-bond acceptors (Lipinski definition) is 2. The smallest absolute Gasteiger partial charge is 0.109 e. The molecule has 2 fully saturated rings. The average Bonchev–Trinajstić information content (AvgIpc) is 3.70. The Morgan fingerprint density at radius 2 is 0.778 bits per heavy atom. The van der Waals surface area contributed by atoms with Gasteiger partial charge in [-0.1, -0.05) is 48.5 Å². The molecule has 4 heterocycles. The first-order valence-electron chi connectivity index (χ1n) is 13.5. The lowest BCUT2D eigenvalue weighted by molar-refractivity contribution is 0.863. The molecule has 4 nitrogen and oxygen atoms in total. The highest BCUT2D eigenvalue weighted by atomic mass is 15.2. The van der Waals surface area contributed by atoms with Crippen molar-refractivity contribution in [1.82, 2.24) is 9.13 Å². The molecule has 0 radical (unpaired) electrons. The molecule has 6 aromatic rings. The SMILES string of the molecule is Cn1c(N2CCCC2)cc2ccc3c4ccc5c(ccc6cc(N7CCCC7)n(C)c65)c4ccc3c21. The molecule has 4 heteroatoms. The van der Waals surface area contributed by atoms with Crippen molar-refractivity contribution in [1.29, 1.82) is 0 Å². The second kappa shape index (κ2) is 7.42. The van der Waals surface area contributed by atoms with E-state index in [2.05, 4.69) is 93.7 Å². The van der Waals surface area contributed by atoms with Crippen LogP contribution in [0.3, 0.4) is 0 Å².